The van der Waals surface area contributed by atoms with Crippen molar-refractivity contribution in [3.63, 3.8) is 0 Å². The van der Waals surface area contributed by atoms with Crippen molar-refractivity contribution in [3.05, 3.63) is 42.7 Å². The third-order valence-corrected chi connectivity index (χ3v) is 4.62. The van der Waals surface area contributed by atoms with Gasteiger partial charge in [-0.15, -0.1) is 0 Å². The molecule has 2 aromatic rings. The van der Waals surface area contributed by atoms with Gasteiger partial charge in [0.2, 0.25) is 0 Å². The Kier molecular flexibility index (Phi) is 6.62. The lowest BCUT2D eigenvalue weighted by Crippen LogP contribution is -2.34. The molecule has 3 rings (SSSR count). The number of anilines is 1. The SMILES string of the molecule is COCCCN1CCC(CNC(=O)Nc2cccc(-n3cccn3)c2)C1. The van der Waals surface area contributed by atoms with Crippen LogP contribution in [0.3, 0.4) is 0 Å². The second-order valence-electron chi connectivity index (χ2n) is 6.64. The van der Waals surface area contributed by atoms with Gasteiger partial charge in [-0.25, -0.2) is 9.48 Å². The van der Waals surface area contributed by atoms with Crippen molar-refractivity contribution >= 4 is 11.7 Å². The smallest absolute Gasteiger partial charge is 0.319 e. The fourth-order valence-corrected chi connectivity index (χ4v) is 3.28. The number of carbonyl (C=O) groups is 1. The van der Waals surface area contributed by atoms with Crippen LogP contribution in [0.1, 0.15) is 12.8 Å². The highest BCUT2D eigenvalue weighted by molar-refractivity contribution is 5.89. The zero-order valence-electron chi connectivity index (χ0n) is 15.2. The second kappa shape index (κ2) is 9.35. The maximum atomic E-state index is 12.2. The van der Waals surface area contributed by atoms with Crippen LogP contribution in [0.25, 0.3) is 5.69 Å². The Morgan fingerprint density at radius 3 is 3.12 bits per heavy atom. The molecule has 1 aliphatic rings. The van der Waals surface area contributed by atoms with E-state index < -0.39 is 0 Å². The van der Waals surface area contributed by atoms with E-state index in [-0.39, 0.29) is 6.03 Å². The van der Waals surface area contributed by atoms with E-state index in [0.717, 1.165) is 50.5 Å². The van der Waals surface area contributed by atoms with Crippen molar-refractivity contribution in [2.45, 2.75) is 12.8 Å². The fraction of sp³-hybridized carbons (Fsp3) is 0.474. The Bertz CT molecular complexity index is 689. The van der Waals surface area contributed by atoms with E-state index >= 15 is 0 Å². The number of carbonyl (C=O) groups excluding carboxylic acids is 1. The standard InChI is InChI=1S/C19H27N5O2/c1-26-12-4-9-23-11-7-16(15-23)14-20-19(25)22-17-5-2-6-18(13-17)24-10-3-8-21-24/h2-3,5-6,8,10,13,16H,4,7,9,11-12,14-15H2,1H3,(H2,20,22,25). The van der Waals surface area contributed by atoms with Crippen molar-refractivity contribution in [1.82, 2.24) is 20.0 Å². The molecule has 1 unspecified atom stereocenters. The van der Waals surface area contributed by atoms with Crippen molar-refractivity contribution in [1.29, 1.82) is 0 Å². The predicted octanol–water partition coefficient (Wildman–Crippen LogP) is 2.35. The van der Waals surface area contributed by atoms with Crippen LogP contribution >= 0.6 is 0 Å². The molecule has 1 aliphatic heterocycles. The highest BCUT2D eigenvalue weighted by Crippen LogP contribution is 2.16. The Hall–Kier alpha value is -2.38. The largest absolute Gasteiger partial charge is 0.385 e. The average Bonchev–Trinajstić information content (AvgIpc) is 3.33. The molecule has 7 nitrogen and oxygen atoms in total. The molecular formula is C19H27N5O2. The minimum Gasteiger partial charge on any atom is -0.385 e. The van der Waals surface area contributed by atoms with Crippen molar-refractivity contribution in [2.75, 3.05) is 45.2 Å². The van der Waals surface area contributed by atoms with Crippen LogP contribution in [0.2, 0.25) is 0 Å². The van der Waals surface area contributed by atoms with Crippen LogP contribution in [0, 0.1) is 5.92 Å². The number of likely N-dealkylation sites (tertiary alicyclic amines) is 1. The van der Waals surface area contributed by atoms with Gasteiger partial charge in [0.1, 0.15) is 0 Å². The zero-order chi connectivity index (χ0) is 18.2. The molecule has 1 aromatic heterocycles. The number of benzene rings is 1. The summed E-state index contributed by atoms with van der Waals surface area (Å²) >= 11 is 0. The van der Waals surface area contributed by atoms with E-state index in [4.69, 9.17) is 4.74 Å². The monoisotopic (exact) mass is 357 g/mol. The Morgan fingerprint density at radius 2 is 2.31 bits per heavy atom. The Labute approximate surface area is 154 Å². The number of amides is 2. The third-order valence-electron chi connectivity index (χ3n) is 4.62. The summed E-state index contributed by atoms with van der Waals surface area (Å²) in [5.74, 6) is 0.513. The minimum absolute atomic E-state index is 0.166. The van der Waals surface area contributed by atoms with Gasteiger partial charge in [-0.2, -0.15) is 5.10 Å². The lowest BCUT2D eigenvalue weighted by molar-refractivity contribution is 0.178. The van der Waals surface area contributed by atoms with Gasteiger partial charge in [0, 0.05) is 51.4 Å². The maximum Gasteiger partial charge on any atom is 0.319 e. The fourth-order valence-electron chi connectivity index (χ4n) is 3.28. The topological polar surface area (TPSA) is 71.4 Å². The van der Waals surface area contributed by atoms with E-state index in [1.54, 1.807) is 18.0 Å². The zero-order valence-corrected chi connectivity index (χ0v) is 15.2. The van der Waals surface area contributed by atoms with E-state index in [9.17, 15) is 4.79 Å². The van der Waals surface area contributed by atoms with Crippen molar-refractivity contribution in [3.8, 4) is 5.69 Å². The molecule has 0 aliphatic carbocycles. The van der Waals surface area contributed by atoms with Crippen LogP contribution in [-0.2, 0) is 4.74 Å². The van der Waals surface area contributed by atoms with Crippen LogP contribution in [0.5, 0.6) is 0 Å². The van der Waals surface area contributed by atoms with E-state index in [1.165, 1.54) is 0 Å². The van der Waals surface area contributed by atoms with Crippen LogP contribution < -0.4 is 10.6 Å². The summed E-state index contributed by atoms with van der Waals surface area (Å²) in [6.07, 6.45) is 5.79. The first-order valence-corrected chi connectivity index (χ1v) is 9.11. The normalized spacial score (nSPS) is 17.3. The lowest BCUT2D eigenvalue weighted by atomic mass is 10.1. The van der Waals surface area contributed by atoms with Crippen LogP contribution in [-0.4, -0.2) is 60.6 Å². The molecule has 2 heterocycles. The van der Waals surface area contributed by atoms with Gasteiger partial charge < -0.3 is 20.3 Å². The molecule has 2 N–H and O–H groups in total. The number of nitrogens with one attached hydrogen (secondary N) is 2. The van der Waals surface area contributed by atoms with E-state index in [2.05, 4.69) is 20.6 Å². The molecule has 7 heteroatoms. The van der Waals surface area contributed by atoms with Gasteiger partial charge >= 0.3 is 6.03 Å². The third kappa shape index (κ3) is 5.31. The summed E-state index contributed by atoms with van der Waals surface area (Å²) in [4.78, 5) is 14.6. The molecule has 26 heavy (non-hydrogen) atoms. The van der Waals surface area contributed by atoms with E-state index in [1.807, 2.05) is 36.5 Å². The van der Waals surface area contributed by atoms with Gasteiger partial charge in [-0.3, -0.25) is 0 Å². The average molecular weight is 357 g/mol. The molecule has 0 radical (unpaired) electrons. The summed E-state index contributed by atoms with van der Waals surface area (Å²) < 4.78 is 6.86. The van der Waals surface area contributed by atoms with Gasteiger partial charge in [-0.1, -0.05) is 6.07 Å². The summed E-state index contributed by atoms with van der Waals surface area (Å²) in [6.45, 7) is 4.71. The predicted molar refractivity (Wildman–Crippen MR) is 102 cm³/mol. The van der Waals surface area contributed by atoms with Crippen LogP contribution in [0.15, 0.2) is 42.7 Å². The molecule has 1 atom stereocenters. The number of hydrogen-bond donors (Lipinski definition) is 2. The van der Waals surface area contributed by atoms with Gasteiger partial charge in [0.05, 0.1) is 5.69 Å². The molecule has 0 saturated carbocycles. The highest BCUT2D eigenvalue weighted by Gasteiger charge is 2.22. The molecule has 0 bridgehead atoms. The van der Waals surface area contributed by atoms with Crippen molar-refractivity contribution < 1.29 is 9.53 Å². The number of hydrogen-bond acceptors (Lipinski definition) is 4. The molecule has 1 aromatic carbocycles. The molecule has 140 valence electrons. The minimum atomic E-state index is -0.166. The number of rotatable bonds is 8. The second-order valence-corrected chi connectivity index (χ2v) is 6.64. The summed E-state index contributed by atoms with van der Waals surface area (Å²) in [5, 5.41) is 10.1. The highest BCUT2D eigenvalue weighted by atomic mass is 16.5. The first kappa shape index (κ1) is 18.4. The summed E-state index contributed by atoms with van der Waals surface area (Å²) in [6, 6.07) is 9.33. The summed E-state index contributed by atoms with van der Waals surface area (Å²) in [5.41, 5.74) is 1.67. The first-order chi connectivity index (χ1) is 12.7. The molecular weight excluding hydrogens is 330 g/mol. The Balaban J connectivity index is 1.42. The Morgan fingerprint density at radius 1 is 1.38 bits per heavy atom. The number of nitrogens with zero attached hydrogens (tertiary/aromatic N) is 3. The van der Waals surface area contributed by atoms with Gasteiger partial charge in [0.15, 0.2) is 0 Å². The molecule has 1 saturated heterocycles. The molecule has 2 amide bonds. The first-order valence-electron chi connectivity index (χ1n) is 9.11. The van der Waals surface area contributed by atoms with Crippen LogP contribution in [0.4, 0.5) is 10.5 Å². The lowest BCUT2D eigenvalue weighted by Gasteiger charge is -2.16. The van der Waals surface area contributed by atoms with Crippen molar-refractivity contribution in [2.24, 2.45) is 5.92 Å². The van der Waals surface area contributed by atoms with E-state index in [0.29, 0.717) is 12.5 Å². The van der Waals surface area contributed by atoms with Gasteiger partial charge in [0.25, 0.3) is 0 Å². The summed E-state index contributed by atoms with van der Waals surface area (Å²) in [7, 11) is 1.74. The number of methoxy groups -OCH3 is 1. The number of ether oxygens (including phenoxy) is 1. The molecule has 1 fully saturated rings. The number of urea groups is 1. The molecule has 0 spiro atoms. The number of aromatic nitrogens is 2. The quantitative estimate of drug-likeness (QED) is 0.712. The maximum absolute atomic E-state index is 12.2. The van der Waals surface area contributed by atoms with Gasteiger partial charge in [-0.05, 0) is 49.6 Å².